The summed E-state index contributed by atoms with van der Waals surface area (Å²) >= 11 is 0. The normalized spacial score (nSPS) is 19.1. The quantitative estimate of drug-likeness (QED) is 0.433. The largest absolute Gasteiger partial charge is 0.330 e. The lowest BCUT2D eigenvalue weighted by Crippen LogP contribution is -2.73. The summed E-state index contributed by atoms with van der Waals surface area (Å²) < 4.78 is 17.0. The SMILES string of the molecule is CCCCCC[N+]1([n+]2ccccc2Nc2ccccc2F)C=CN(C)C1. The van der Waals surface area contributed by atoms with Crippen LogP contribution in [0.3, 0.4) is 0 Å². The lowest BCUT2D eigenvalue weighted by Gasteiger charge is -2.29. The van der Waals surface area contributed by atoms with Crippen molar-refractivity contribution in [2.45, 2.75) is 32.6 Å². The Morgan fingerprint density at radius 1 is 1.12 bits per heavy atom. The fourth-order valence-corrected chi connectivity index (χ4v) is 3.51. The minimum atomic E-state index is -0.244. The van der Waals surface area contributed by atoms with Crippen LogP contribution in [0.1, 0.15) is 32.6 Å². The molecule has 0 fully saturated rings. The van der Waals surface area contributed by atoms with Crippen LogP contribution in [0.2, 0.25) is 0 Å². The van der Waals surface area contributed by atoms with Crippen molar-refractivity contribution < 1.29 is 9.07 Å². The molecule has 1 unspecified atom stereocenters. The van der Waals surface area contributed by atoms with Gasteiger partial charge in [0, 0.05) is 19.5 Å². The highest BCUT2D eigenvalue weighted by atomic mass is 19.1. The minimum Gasteiger partial charge on any atom is -0.326 e. The van der Waals surface area contributed by atoms with Crippen LogP contribution in [-0.2, 0) is 0 Å². The van der Waals surface area contributed by atoms with Crippen LogP contribution in [0.25, 0.3) is 0 Å². The molecule has 1 N–H and O–H groups in total. The van der Waals surface area contributed by atoms with Gasteiger partial charge in [-0.1, -0.05) is 42.6 Å². The monoisotopic (exact) mass is 356 g/mol. The van der Waals surface area contributed by atoms with Crippen molar-refractivity contribution in [3.05, 3.63) is 66.9 Å². The Morgan fingerprint density at radius 2 is 1.92 bits per heavy atom. The predicted molar refractivity (Wildman–Crippen MR) is 105 cm³/mol. The van der Waals surface area contributed by atoms with E-state index in [0.29, 0.717) is 10.3 Å². The molecular weight excluding hydrogens is 327 g/mol. The summed E-state index contributed by atoms with van der Waals surface area (Å²) in [5.41, 5.74) is 0.494. The number of anilines is 2. The summed E-state index contributed by atoms with van der Waals surface area (Å²) in [5.74, 6) is 0.638. The molecule has 138 valence electrons. The first kappa shape index (κ1) is 18.4. The average Bonchev–Trinajstić information content (AvgIpc) is 3.03. The number of hydrogen-bond donors (Lipinski definition) is 1. The number of quaternary nitrogens is 1. The van der Waals surface area contributed by atoms with Gasteiger partial charge in [0.05, 0.1) is 6.20 Å². The fraction of sp³-hybridized carbons (Fsp3) is 0.381. The topological polar surface area (TPSA) is 19.1 Å². The zero-order valence-electron chi connectivity index (χ0n) is 15.7. The van der Waals surface area contributed by atoms with E-state index in [2.05, 4.69) is 47.5 Å². The molecule has 1 aliphatic rings. The average molecular weight is 356 g/mol. The Kier molecular flexibility index (Phi) is 5.89. The summed E-state index contributed by atoms with van der Waals surface area (Å²) in [7, 11) is 2.09. The minimum absolute atomic E-state index is 0.244. The summed E-state index contributed by atoms with van der Waals surface area (Å²) in [4.78, 5) is 2.20. The second-order valence-corrected chi connectivity index (χ2v) is 7.00. The molecule has 2 aromatic rings. The molecule has 26 heavy (non-hydrogen) atoms. The van der Waals surface area contributed by atoms with Crippen molar-refractivity contribution in [1.29, 1.82) is 0 Å². The van der Waals surface area contributed by atoms with Gasteiger partial charge in [-0.3, -0.25) is 0 Å². The van der Waals surface area contributed by atoms with Crippen molar-refractivity contribution in [2.75, 3.05) is 25.6 Å². The molecule has 1 aliphatic heterocycles. The van der Waals surface area contributed by atoms with E-state index in [1.165, 1.54) is 25.3 Å². The Bertz CT molecular complexity index is 761. The van der Waals surface area contributed by atoms with Gasteiger partial charge in [-0.2, -0.15) is 0 Å². The van der Waals surface area contributed by atoms with E-state index in [9.17, 15) is 4.39 Å². The van der Waals surface area contributed by atoms with Crippen LogP contribution in [0.4, 0.5) is 15.9 Å². The number of pyridine rings is 1. The van der Waals surface area contributed by atoms with Gasteiger partial charge in [0.25, 0.3) is 0 Å². The van der Waals surface area contributed by atoms with Gasteiger partial charge in [-0.05, 0) is 24.6 Å². The van der Waals surface area contributed by atoms with Crippen molar-refractivity contribution in [3.63, 3.8) is 0 Å². The van der Waals surface area contributed by atoms with Crippen LogP contribution in [0, 0.1) is 5.82 Å². The molecule has 0 amide bonds. The number of halogens is 1. The lowest BCUT2D eigenvalue weighted by molar-refractivity contribution is -0.800. The fourth-order valence-electron chi connectivity index (χ4n) is 3.51. The van der Waals surface area contributed by atoms with Crippen LogP contribution < -0.4 is 14.6 Å². The van der Waals surface area contributed by atoms with E-state index in [4.69, 9.17) is 0 Å². The summed E-state index contributed by atoms with van der Waals surface area (Å²) in [6.07, 6.45) is 11.3. The maximum Gasteiger partial charge on any atom is 0.330 e. The standard InChI is InChI=1S/C21H29FN4/c1-3-4-5-10-16-26(17-15-24(2)18-26)25-14-9-8-13-21(25)23-20-12-7-6-11-19(20)22/h6-9,11-15,17,23H,3-5,10,16,18H2,1-2H3/q+2. The number of hydrogen-bond acceptors (Lipinski definition) is 2. The third kappa shape index (κ3) is 4.05. The van der Waals surface area contributed by atoms with E-state index < -0.39 is 0 Å². The zero-order chi connectivity index (χ0) is 18.4. The van der Waals surface area contributed by atoms with E-state index >= 15 is 0 Å². The highest BCUT2D eigenvalue weighted by Gasteiger charge is 2.39. The summed E-state index contributed by atoms with van der Waals surface area (Å²) in [5, 5.41) is 3.28. The molecule has 0 spiro atoms. The van der Waals surface area contributed by atoms with Gasteiger partial charge in [-0.25, -0.2) is 9.71 Å². The molecule has 4 nitrogen and oxygen atoms in total. The molecule has 3 rings (SSSR count). The third-order valence-electron chi connectivity index (χ3n) is 4.87. The molecule has 0 radical (unpaired) electrons. The van der Waals surface area contributed by atoms with Crippen LogP contribution in [0.5, 0.6) is 0 Å². The van der Waals surface area contributed by atoms with Crippen molar-refractivity contribution in [1.82, 2.24) is 9.49 Å². The Balaban J connectivity index is 1.90. The number of nitrogens with zero attached hydrogens (tertiary/aromatic N) is 3. The first-order chi connectivity index (χ1) is 12.6. The number of benzene rings is 1. The van der Waals surface area contributed by atoms with E-state index in [1.54, 1.807) is 12.1 Å². The van der Waals surface area contributed by atoms with Gasteiger partial charge >= 0.3 is 5.82 Å². The Labute approximate surface area is 155 Å². The maximum atomic E-state index is 14.1. The number of aromatic nitrogens is 1. The van der Waals surface area contributed by atoms with Crippen LogP contribution >= 0.6 is 0 Å². The van der Waals surface area contributed by atoms with Crippen LogP contribution in [0.15, 0.2) is 61.1 Å². The first-order valence-electron chi connectivity index (χ1n) is 9.44. The molecule has 5 heteroatoms. The van der Waals surface area contributed by atoms with Gasteiger partial charge in [0.2, 0.25) is 0 Å². The van der Waals surface area contributed by atoms with Crippen molar-refractivity contribution in [2.24, 2.45) is 0 Å². The number of para-hydroxylation sites is 1. The van der Waals surface area contributed by atoms with E-state index in [1.807, 2.05) is 24.3 Å². The summed E-state index contributed by atoms with van der Waals surface area (Å²) in [6, 6.07) is 12.8. The lowest BCUT2D eigenvalue weighted by atomic mass is 10.2. The predicted octanol–water partition coefficient (Wildman–Crippen LogP) is 4.25. The second-order valence-electron chi connectivity index (χ2n) is 7.00. The molecule has 1 aromatic carbocycles. The Morgan fingerprint density at radius 3 is 2.65 bits per heavy atom. The molecule has 0 aliphatic carbocycles. The second kappa shape index (κ2) is 8.32. The summed E-state index contributed by atoms with van der Waals surface area (Å²) in [6.45, 7) is 4.12. The number of rotatable bonds is 8. The third-order valence-corrected chi connectivity index (χ3v) is 4.87. The molecular formula is C21H29FN4+2. The highest BCUT2D eigenvalue weighted by molar-refractivity contribution is 5.54. The van der Waals surface area contributed by atoms with Crippen molar-refractivity contribution >= 4 is 11.5 Å². The smallest absolute Gasteiger partial charge is 0.326 e. The molecule has 0 bridgehead atoms. The van der Waals surface area contributed by atoms with Gasteiger partial charge in [0.1, 0.15) is 6.54 Å². The molecule has 2 heterocycles. The maximum absolute atomic E-state index is 14.1. The van der Waals surface area contributed by atoms with E-state index in [0.717, 1.165) is 25.5 Å². The molecule has 0 saturated heterocycles. The van der Waals surface area contributed by atoms with Gasteiger partial charge in [0.15, 0.2) is 30.6 Å². The molecule has 1 atom stereocenters. The number of unbranched alkanes of at least 4 members (excludes halogenated alkanes) is 3. The van der Waals surface area contributed by atoms with Crippen molar-refractivity contribution in [3.8, 4) is 0 Å². The molecule has 1 aromatic heterocycles. The Hall–Kier alpha value is -2.40. The number of nitrogens with one attached hydrogen (secondary N) is 1. The zero-order valence-corrected chi connectivity index (χ0v) is 15.7. The van der Waals surface area contributed by atoms with Gasteiger partial charge in [-0.15, -0.1) is 4.59 Å². The van der Waals surface area contributed by atoms with E-state index in [-0.39, 0.29) is 5.82 Å². The molecule has 0 saturated carbocycles. The highest BCUT2D eigenvalue weighted by Crippen LogP contribution is 2.20. The van der Waals surface area contributed by atoms with Crippen LogP contribution in [-0.4, -0.2) is 25.2 Å². The van der Waals surface area contributed by atoms with Gasteiger partial charge < -0.3 is 4.90 Å². The first-order valence-corrected chi connectivity index (χ1v) is 9.44.